The SMILES string of the molecule is CCCCOCCCNC(=O)c1ccn2cc(-c3ccccc3)nc2c1. The molecule has 1 amide bonds. The van der Waals surface area contributed by atoms with Crippen molar-refractivity contribution in [1.29, 1.82) is 0 Å². The Bertz CT molecular complexity index is 843. The summed E-state index contributed by atoms with van der Waals surface area (Å²) in [6.45, 7) is 4.23. The molecule has 1 N–H and O–H groups in total. The number of amides is 1. The van der Waals surface area contributed by atoms with E-state index in [4.69, 9.17) is 4.74 Å². The number of unbranched alkanes of at least 4 members (excludes halogenated alkanes) is 1. The summed E-state index contributed by atoms with van der Waals surface area (Å²) < 4.78 is 7.43. The molecule has 0 atom stereocenters. The molecular weight excluding hydrogens is 326 g/mol. The van der Waals surface area contributed by atoms with E-state index in [-0.39, 0.29) is 5.91 Å². The highest BCUT2D eigenvalue weighted by molar-refractivity contribution is 5.95. The van der Waals surface area contributed by atoms with Gasteiger partial charge >= 0.3 is 0 Å². The predicted octanol–water partition coefficient (Wildman–Crippen LogP) is 3.94. The van der Waals surface area contributed by atoms with Crippen LogP contribution in [0.4, 0.5) is 0 Å². The van der Waals surface area contributed by atoms with Gasteiger partial charge in [-0.05, 0) is 25.0 Å². The van der Waals surface area contributed by atoms with E-state index in [9.17, 15) is 4.79 Å². The molecule has 5 nitrogen and oxygen atoms in total. The highest BCUT2D eigenvalue weighted by Crippen LogP contribution is 2.19. The lowest BCUT2D eigenvalue weighted by Gasteiger charge is -2.06. The van der Waals surface area contributed by atoms with E-state index in [0.717, 1.165) is 42.8 Å². The molecule has 0 saturated heterocycles. The third kappa shape index (κ3) is 4.70. The summed E-state index contributed by atoms with van der Waals surface area (Å²) in [6.07, 6.45) is 6.89. The Hall–Kier alpha value is -2.66. The maximum Gasteiger partial charge on any atom is 0.251 e. The zero-order valence-corrected chi connectivity index (χ0v) is 15.1. The summed E-state index contributed by atoms with van der Waals surface area (Å²) in [7, 11) is 0. The Kier molecular flexibility index (Phi) is 6.39. The lowest BCUT2D eigenvalue weighted by molar-refractivity contribution is 0.0940. The van der Waals surface area contributed by atoms with Crippen molar-refractivity contribution in [3.05, 3.63) is 60.4 Å². The van der Waals surface area contributed by atoms with E-state index in [2.05, 4.69) is 17.2 Å². The number of hydrogen-bond donors (Lipinski definition) is 1. The van der Waals surface area contributed by atoms with Crippen LogP contribution in [-0.2, 0) is 4.74 Å². The highest BCUT2D eigenvalue weighted by Gasteiger charge is 2.09. The molecule has 0 radical (unpaired) electrons. The monoisotopic (exact) mass is 351 g/mol. The maximum atomic E-state index is 12.3. The van der Waals surface area contributed by atoms with Gasteiger partial charge in [-0.15, -0.1) is 0 Å². The van der Waals surface area contributed by atoms with Crippen LogP contribution in [0.3, 0.4) is 0 Å². The van der Waals surface area contributed by atoms with Crippen molar-refractivity contribution in [2.24, 2.45) is 0 Å². The quantitative estimate of drug-likeness (QED) is 0.594. The molecule has 2 aromatic heterocycles. The maximum absolute atomic E-state index is 12.3. The molecule has 3 rings (SSSR count). The molecular formula is C21H25N3O2. The van der Waals surface area contributed by atoms with Gasteiger partial charge in [-0.25, -0.2) is 4.98 Å². The number of rotatable bonds is 9. The molecule has 136 valence electrons. The van der Waals surface area contributed by atoms with Gasteiger partial charge in [0, 0.05) is 43.3 Å². The molecule has 0 fully saturated rings. The van der Waals surface area contributed by atoms with Crippen molar-refractivity contribution >= 4 is 11.6 Å². The molecule has 1 aromatic carbocycles. The van der Waals surface area contributed by atoms with Gasteiger partial charge in [0.25, 0.3) is 5.91 Å². The molecule has 0 saturated carbocycles. The second-order valence-electron chi connectivity index (χ2n) is 6.25. The van der Waals surface area contributed by atoms with Crippen LogP contribution in [0.15, 0.2) is 54.9 Å². The van der Waals surface area contributed by atoms with Crippen LogP contribution in [-0.4, -0.2) is 35.1 Å². The first kappa shape index (κ1) is 18.1. The van der Waals surface area contributed by atoms with Crippen molar-refractivity contribution in [1.82, 2.24) is 14.7 Å². The Morgan fingerprint density at radius 3 is 2.77 bits per heavy atom. The van der Waals surface area contributed by atoms with E-state index >= 15 is 0 Å². The van der Waals surface area contributed by atoms with Crippen LogP contribution in [0.2, 0.25) is 0 Å². The normalized spacial score (nSPS) is 11.0. The number of pyridine rings is 1. The van der Waals surface area contributed by atoms with Crippen LogP contribution >= 0.6 is 0 Å². The molecule has 0 aliphatic rings. The fourth-order valence-electron chi connectivity index (χ4n) is 2.70. The Balaban J connectivity index is 1.57. The fraction of sp³-hybridized carbons (Fsp3) is 0.333. The number of benzene rings is 1. The topological polar surface area (TPSA) is 55.6 Å². The number of aromatic nitrogens is 2. The summed E-state index contributed by atoms with van der Waals surface area (Å²) in [5.41, 5.74) is 3.34. The molecule has 0 aliphatic carbocycles. The predicted molar refractivity (Wildman–Crippen MR) is 103 cm³/mol. The molecule has 2 heterocycles. The summed E-state index contributed by atoms with van der Waals surface area (Å²) in [5.74, 6) is -0.0784. The molecule has 0 spiro atoms. The second kappa shape index (κ2) is 9.15. The molecule has 3 aromatic rings. The fourth-order valence-corrected chi connectivity index (χ4v) is 2.70. The molecule has 0 unspecified atom stereocenters. The van der Waals surface area contributed by atoms with E-state index in [1.807, 2.05) is 59.3 Å². The van der Waals surface area contributed by atoms with Gasteiger partial charge in [-0.1, -0.05) is 43.7 Å². The number of imidazole rings is 1. The molecule has 0 aliphatic heterocycles. The van der Waals surface area contributed by atoms with E-state index < -0.39 is 0 Å². The van der Waals surface area contributed by atoms with Crippen molar-refractivity contribution < 1.29 is 9.53 Å². The second-order valence-corrected chi connectivity index (χ2v) is 6.25. The number of carbonyl (C=O) groups excluding carboxylic acids is 1. The zero-order chi connectivity index (χ0) is 18.2. The van der Waals surface area contributed by atoms with Crippen LogP contribution in [0.5, 0.6) is 0 Å². The van der Waals surface area contributed by atoms with Gasteiger partial charge in [0.05, 0.1) is 5.69 Å². The number of ether oxygens (including phenoxy) is 1. The van der Waals surface area contributed by atoms with E-state index in [1.54, 1.807) is 0 Å². The first-order valence-corrected chi connectivity index (χ1v) is 9.18. The van der Waals surface area contributed by atoms with Gasteiger partial charge in [0.2, 0.25) is 0 Å². The van der Waals surface area contributed by atoms with Gasteiger partial charge in [-0.3, -0.25) is 4.79 Å². The lowest BCUT2D eigenvalue weighted by Crippen LogP contribution is -2.25. The summed E-state index contributed by atoms with van der Waals surface area (Å²) >= 11 is 0. The Morgan fingerprint density at radius 2 is 1.96 bits per heavy atom. The third-order valence-corrected chi connectivity index (χ3v) is 4.19. The van der Waals surface area contributed by atoms with E-state index in [1.165, 1.54) is 0 Å². The smallest absolute Gasteiger partial charge is 0.251 e. The molecule has 0 bridgehead atoms. The number of hydrogen-bond acceptors (Lipinski definition) is 3. The third-order valence-electron chi connectivity index (χ3n) is 4.19. The molecule has 26 heavy (non-hydrogen) atoms. The van der Waals surface area contributed by atoms with Gasteiger partial charge in [0.1, 0.15) is 5.65 Å². The zero-order valence-electron chi connectivity index (χ0n) is 15.1. The average Bonchev–Trinajstić information content (AvgIpc) is 3.11. The number of fused-ring (bicyclic) bond motifs is 1. The average molecular weight is 351 g/mol. The minimum Gasteiger partial charge on any atom is -0.381 e. The van der Waals surface area contributed by atoms with Crippen molar-refractivity contribution in [2.75, 3.05) is 19.8 Å². The first-order chi connectivity index (χ1) is 12.8. The lowest BCUT2D eigenvalue weighted by atomic mass is 10.2. The summed E-state index contributed by atoms with van der Waals surface area (Å²) in [5, 5.41) is 2.94. The van der Waals surface area contributed by atoms with Crippen LogP contribution < -0.4 is 5.32 Å². The minimum absolute atomic E-state index is 0.0784. The van der Waals surface area contributed by atoms with Crippen molar-refractivity contribution in [3.8, 4) is 11.3 Å². The van der Waals surface area contributed by atoms with Gasteiger partial charge < -0.3 is 14.5 Å². The van der Waals surface area contributed by atoms with Crippen LogP contribution in [0.1, 0.15) is 36.5 Å². The van der Waals surface area contributed by atoms with Crippen LogP contribution in [0.25, 0.3) is 16.9 Å². The Morgan fingerprint density at radius 1 is 1.15 bits per heavy atom. The first-order valence-electron chi connectivity index (χ1n) is 9.18. The van der Waals surface area contributed by atoms with Crippen molar-refractivity contribution in [2.45, 2.75) is 26.2 Å². The largest absolute Gasteiger partial charge is 0.381 e. The summed E-state index contributed by atoms with van der Waals surface area (Å²) in [4.78, 5) is 16.9. The van der Waals surface area contributed by atoms with Gasteiger partial charge in [-0.2, -0.15) is 0 Å². The molecule has 5 heteroatoms. The number of carbonyl (C=O) groups is 1. The minimum atomic E-state index is -0.0784. The van der Waals surface area contributed by atoms with Gasteiger partial charge in [0.15, 0.2) is 0 Å². The number of nitrogens with zero attached hydrogens (tertiary/aromatic N) is 2. The Labute approximate surface area is 154 Å². The highest BCUT2D eigenvalue weighted by atomic mass is 16.5. The van der Waals surface area contributed by atoms with E-state index in [0.29, 0.717) is 18.7 Å². The van der Waals surface area contributed by atoms with Crippen LogP contribution in [0, 0.1) is 0 Å². The standard InChI is InChI=1S/C21H25N3O2/c1-2-3-13-26-14-7-11-22-21(25)18-10-12-24-16-19(23-20(24)15-18)17-8-5-4-6-9-17/h4-6,8-10,12,15-16H,2-3,7,11,13-14H2,1H3,(H,22,25). The number of nitrogens with one attached hydrogen (secondary N) is 1. The summed E-state index contributed by atoms with van der Waals surface area (Å²) in [6, 6.07) is 13.6. The van der Waals surface area contributed by atoms with Crippen molar-refractivity contribution in [3.63, 3.8) is 0 Å².